The van der Waals surface area contributed by atoms with Gasteiger partial charge in [-0.15, -0.1) is 10.2 Å². The molecule has 6 nitrogen and oxygen atoms in total. The molecule has 138 valence electrons. The fourth-order valence-electron chi connectivity index (χ4n) is 2.32. The molecule has 0 atom stereocenters. The molecule has 1 heterocycles. The van der Waals surface area contributed by atoms with Crippen molar-refractivity contribution in [3.05, 3.63) is 72.0 Å². The standard InChI is InChI=1S/C20H19FN4O2/c1-13(2)27-17-6-4-3-5-16(17)22-18-11-12-19(25-24-18)23-20(26)14-7-9-15(21)10-8-14/h3-13H,1-2H3,(H,22,24)(H,23,25,26). The molecule has 0 saturated carbocycles. The third-order valence-corrected chi connectivity index (χ3v) is 3.53. The molecule has 0 radical (unpaired) electrons. The minimum atomic E-state index is -0.400. The Morgan fingerprint density at radius 3 is 2.30 bits per heavy atom. The number of hydrogen-bond donors (Lipinski definition) is 2. The maximum absolute atomic E-state index is 12.9. The zero-order chi connectivity index (χ0) is 19.2. The molecule has 3 aromatic rings. The van der Waals surface area contributed by atoms with E-state index in [1.807, 2.05) is 38.1 Å². The first-order chi connectivity index (χ1) is 13.0. The minimum absolute atomic E-state index is 0.0445. The monoisotopic (exact) mass is 366 g/mol. The summed E-state index contributed by atoms with van der Waals surface area (Å²) in [6.07, 6.45) is 0.0445. The number of rotatable bonds is 6. The van der Waals surface area contributed by atoms with Gasteiger partial charge in [0.15, 0.2) is 11.6 Å². The molecule has 2 N–H and O–H groups in total. The zero-order valence-corrected chi connectivity index (χ0v) is 14.9. The van der Waals surface area contributed by atoms with Crippen molar-refractivity contribution in [3.63, 3.8) is 0 Å². The lowest BCUT2D eigenvalue weighted by Gasteiger charge is -2.15. The molecule has 7 heteroatoms. The maximum atomic E-state index is 12.9. The SMILES string of the molecule is CC(C)Oc1ccccc1Nc1ccc(NC(=O)c2ccc(F)cc2)nn1. The second kappa shape index (κ2) is 8.27. The van der Waals surface area contributed by atoms with Crippen LogP contribution in [0.3, 0.4) is 0 Å². The molecule has 3 rings (SSSR count). The Balaban J connectivity index is 1.67. The summed E-state index contributed by atoms with van der Waals surface area (Å²) in [5.41, 5.74) is 1.10. The van der Waals surface area contributed by atoms with Crippen LogP contribution in [0.1, 0.15) is 24.2 Å². The van der Waals surface area contributed by atoms with E-state index >= 15 is 0 Å². The van der Waals surface area contributed by atoms with Crippen LogP contribution >= 0.6 is 0 Å². The van der Waals surface area contributed by atoms with Crippen LogP contribution in [0.25, 0.3) is 0 Å². The Kier molecular flexibility index (Phi) is 5.61. The lowest BCUT2D eigenvalue weighted by molar-refractivity contribution is 0.102. The van der Waals surface area contributed by atoms with Crippen molar-refractivity contribution in [2.75, 3.05) is 10.6 Å². The molecule has 0 fully saturated rings. The molecule has 2 aromatic carbocycles. The summed E-state index contributed by atoms with van der Waals surface area (Å²) in [6.45, 7) is 3.91. The largest absolute Gasteiger partial charge is 0.489 e. The molecule has 0 aliphatic heterocycles. The van der Waals surface area contributed by atoms with Gasteiger partial charge in [0.05, 0.1) is 11.8 Å². The van der Waals surface area contributed by atoms with Crippen molar-refractivity contribution < 1.29 is 13.9 Å². The van der Waals surface area contributed by atoms with Gasteiger partial charge in [-0.2, -0.15) is 0 Å². The molecule has 1 amide bonds. The van der Waals surface area contributed by atoms with Crippen molar-refractivity contribution in [3.8, 4) is 5.75 Å². The first kappa shape index (κ1) is 18.3. The van der Waals surface area contributed by atoms with Crippen LogP contribution in [0.15, 0.2) is 60.7 Å². The van der Waals surface area contributed by atoms with E-state index in [0.29, 0.717) is 22.9 Å². The Labute approximate surface area is 156 Å². The van der Waals surface area contributed by atoms with E-state index in [-0.39, 0.29) is 12.0 Å². The summed E-state index contributed by atoms with van der Waals surface area (Å²) >= 11 is 0. The summed E-state index contributed by atoms with van der Waals surface area (Å²) in [5.74, 6) is 0.725. The number of ether oxygens (including phenoxy) is 1. The average molecular weight is 366 g/mol. The van der Waals surface area contributed by atoms with Crippen molar-refractivity contribution in [1.82, 2.24) is 10.2 Å². The highest BCUT2D eigenvalue weighted by molar-refractivity contribution is 6.03. The molecule has 1 aromatic heterocycles. The second-order valence-corrected chi connectivity index (χ2v) is 6.05. The highest BCUT2D eigenvalue weighted by atomic mass is 19.1. The van der Waals surface area contributed by atoms with Crippen molar-refractivity contribution in [2.24, 2.45) is 0 Å². The summed E-state index contributed by atoms with van der Waals surface area (Å²) in [4.78, 5) is 12.1. The van der Waals surface area contributed by atoms with Crippen LogP contribution < -0.4 is 15.4 Å². The van der Waals surface area contributed by atoms with Crippen molar-refractivity contribution in [2.45, 2.75) is 20.0 Å². The van der Waals surface area contributed by atoms with Gasteiger partial charge >= 0.3 is 0 Å². The van der Waals surface area contributed by atoms with Gasteiger partial charge in [-0.05, 0) is 62.4 Å². The number of nitrogens with zero attached hydrogens (tertiary/aromatic N) is 2. The average Bonchev–Trinajstić information content (AvgIpc) is 2.65. The lowest BCUT2D eigenvalue weighted by atomic mass is 10.2. The summed E-state index contributed by atoms with van der Waals surface area (Å²) in [7, 11) is 0. The van der Waals surface area contributed by atoms with E-state index in [4.69, 9.17) is 4.74 Å². The van der Waals surface area contributed by atoms with E-state index < -0.39 is 5.82 Å². The predicted octanol–water partition coefficient (Wildman–Crippen LogP) is 4.40. The lowest BCUT2D eigenvalue weighted by Crippen LogP contribution is -2.13. The summed E-state index contributed by atoms with van der Waals surface area (Å²) in [5, 5.41) is 13.8. The molecule has 0 spiro atoms. The molecule has 0 unspecified atom stereocenters. The number of benzene rings is 2. The molecule has 0 saturated heterocycles. The van der Waals surface area contributed by atoms with Gasteiger partial charge in [0.2, 0.25) is 0 Å². The highest BCUT2D eigenvalue weighted by Crippen LogP contribution is 2.27. The van der Waals surface area contributed by atoms with Crippen LogP contribution in [-0.2, 0) is 0 Å². The van der Waals surface area contributed by atoms with E-state index in [0.717, 1.165) is 5.69 Å². The van der Waals surface area contributed by atoms with Crippen LogP contribution in [0, 0.1) is 5.82 Å². The van der Waals surface area contributed by atoms with Gasteiger partial charge in [-0.25, -0.2) is 4.39 Å². The Morgan fingerprint density at radius 1 is 0.963 bits per heavy atom. The minimum Gasteiger partial charge on any atom is -0.489 e. The number of carbonyl (C=O) groups is 1. The van der Waals surface area contributed by atoms with Crippen LogP contribution in [0.5, 0.6) is 5.75 Å². The molecule has 27 heavy (non-hydrogen) atoms. The molecule has 0 aliphatic rings. The summed E-state index contributed by atoms with van der Waals surface area (Å²) in [6, 6.07) is 16.1. The Hall–Kier alpha value is -3.48. The molecule has 0 aliphatic carbocycles. The van der Waals surface area contributed by atoms with E-state index in [9.17, 15) is 9.18 Å². The Bertz CT molecular complexity index is 912. The first-order valence-electron chi connectivity index (χ1n) is 8.44. The number of amides is 1. The van der Waals surface area contributed by atoms with Crippen LogP contribution in [-0.4, -0.2) is 22.2 Å². The van der Waals surface area contributed by atoms with Crippen LogP contribution in [0.2, 0.25) is 0 Å². The third kappa shape index (κ3) is 5.01. The fourth-order valence-corrected chi connectivity index (χ4v) is 2.32. The number of anilines is 3. The quantitative estimate of drug-likeness (QED) is 0.676. The van der Waals surface area contributed by atoms with Crippen LogP contribution in [0.4, 0.5) is 21.7 Å². The van der Waals surface area contributed by atoms with Gasteiger partial charge in [0, 0.05) is 5.56 Å². The number of nitrogens with one attached hydrogen (secondary N) is 2. The second-order valence-electron chi connectivity index (χ2n) is 6.05. The van der Waals surface area contributed by atoms with Gasteiger partial charge in [-0.3, -0.25) is 4.79 Å². The number of carbonyl (C=O) groups excluding carboxylic acids is 1. The fraction of sp³-hybridized carbons (Fsp3) is 0.150. The third-order valence-electron chi connectivity index (χ3n) is 3.53. The predicted molar refractivity (Wildman–Crippen MR) is 102 cm³/mol. The van der Waals surface area contributed by atoms with Gasteiger partial charge in [0.1, 0.15) is 11.6 Å². The molecular formula is C20H19FN4O2. The zero-order valence-electron chi connectivity index (χ0n) is 14.9. The van der Waals surface area contributed by atoms with E-state index in [1.165, 1.54) is 24.3 Å². The first-order valence-corrected chi connectivity index (χ1v) is 8.44. The maximum Gasteiger partial charge on any atom is 0.256 e. The summed E-state index contributed by atoms with van der Waals surface area (Å²) < 4.78 is 18.7. The van der Waals surface area contributed by atoms with Gasteiger partial charge in [-0.1, -0.05) is 12.1 Å². The van der Waals surface area contributed by atoms with Gasteiger partial charge < -0.3 is 15.4 Å². The number of hydrogen-bond acceptors (Lipinski definition) is 5. The van der Waals surface area contributed by atoms with E-state index in [1.54, 1.807) is 12.1 Å². The number of halogens is 1. The van der Waals surface area contributed by atoms with Gasteiger partial charge in [0.25, 0.3) is 5.91 Å². The number of para-hydroxylation sites is 2. The molecular weight excluding hydrogens is 347 g/mol. The topological polar surface area (TPSA) is 76.1 Å². The van der Waals surface area contributed by atoms with Crippen molar-refractivity contribution >= 4 is 23.2 Å². The van der Waals surface area contributed by atoms with Crippen molar-refractivity contribution in [1.29, 1.82) is 0 Å². The van der Waals surface area contributed by atoms with E-state index in [2.05, 4.69) is 20.8 Å². The molecule has 0 bridgehead atoms. The Morgan fingerprint density at radius 2 is 1.63 bits per heavy atom. The normalized spacial score (nSPS) is 10.5. The highest BCUT2D eigenvalue weighted by Gasteiger charge is 2.09. The smallest absolute Gasteiger partial charge is 0.256 e. The number of aromatic nitrogens is 2.